The summed E-state index contributed by atoms with van der Waals surface area (Å²) < 4.78 is 0. The topological polar surface area (TPSA) is 0 Å². The van der Waals surface area contributed by atoms with Gasteiger partial charge in [-0.1, -0.05) is 531 Å². The van der Waals surface area contributed by atoms with Gasteiger partial charge in [0, 0.05) is 33.5 Å². The molecule has 0 nitrogen and oxygen atoms in total. The summed E-state index contributed by atoms with van der Waals surface area (Å²) in [5.41, 5.74) is 24.1. The Hall–Kier alpha value is -9.88. The molecule has 0 aliphatic heterocycles. The minimum Gasteiger partial charge on any atom is -0.0799 e. The maximum Gasteiger partial charge on any atom is 0.0451 e. The molecule has 4 aliphatic carbocycles. The third-order valence-electron chi connectivity index (χ3n) is 28.0. The first-order valence-electron chi connectivity index (χ1n) is 46.2. The average molecular weight is 1570 g/mol. The second-order valence-electron chi connectivity index (χ2n) is 36.8. The molecule has 0 heterocycles. The first-order chi connectivity index (χ1) is 57.9. The van der Waals surface area contributed by atoms with E-state index in [9.17, 15) is 0 Å². The lowest BCUT2D eigenvalue weighted by Crippen LogP contribution is -2.29. The van der Waals surface area contributed by atoms with Gasteiger partial charge in [-0.3, -0.25) is 0 Å². The van der Waals surface area contributed by atoms with Crippen molar-refractivity contribution in [2.45, 2.75) is 262 Å². The highest BCUT2D eigenvalue weighted by Gasteiger charge is 2.48. The van der Waals surface area contributed by atoms with Crippen molar-refractivity contribution in [3.05, 3.63) is 441 Å². The first kappa shape index (κ1) is 88.4. The van der Waals surface area contributed by atoms with Gasteiger partial charge < -0.3 is 0 Å². The summed E-state index contributed by atoms with van der Waals surface area (Å²) >= 11 is 0. The number of unbranched alkanes of at least 4 members (excludes halogenated alkanes) is 5. The van der Waals surface area contributed by atoms with Gasteiger partial charge in [0.2, 0.25) is 0 Å². The zero-order valence-electron chi connectivity index (χ0n) is 75.0. The predicted molar refractivity (Wildman–Crippen MR) is 517 cm³/mol. The molecule has 0 bridgehead atoms. The minimum atomic E-state index is -0.0697. The zero-order valence-corrected chi connectivity index (χ0v) is 75.0. The van der Waals surface area contributed by atoms with Crippen molar-refractivity contribution in [1.29, 1.82) is 0 Å². The molecule has 0 N–H and O–H groups in total. The van der Waals surface area contributed by atoms with E-state index in [-0.39, 0.29) is 32.5 Å². The Balaban J connectivity index is 0.000000149. The van der Waals surface area contributed by atoms with Gasteiger partial charge in [-0.15, -0.1) is 0 Å². The number of hydrogen-bond acceptors (Lipinski definition) is 0. The number of fused-ring (bicyclic) bond motifs is 6. The van der Waals surface area contributed by atoms with E-state index < -0.39 is 0 Å². The van der Waals surface area contributed by atoms with Crippen molar-refractivity contribution in [2.75, 3.05) is 0 Å². The van der Waals surface area contributed by atoms with Crippen LogP contribution < -0.4 is 0 Å². The van der Waals surface area contributed by atoms with Gasteiger partial charge in [-0.2, -0.15) is 0 Å². The van der Waals surface area contributed by atoms with Crippen molar-refractivity contribution in [3.63, 3.8) is 0 Å². The second kappa shape index (κ2) is 41.4. The Kier molecular flexibility index (Phi) is 30.8. The van der Waals surface area contributed by atoms with Crippen LogP contribution in [0.25, 0.3) is 10.8 Å². The smallest absolute Gasteiger partial charge is 0.0451 e. The van der Waals surface area contributed by atoms with E-state index in [1.807, 2.05) is 0 Å². The van der Waals surface area contributed by atoms with E-state index >= 15 is 0 Å². The molecule has 4 aliphatic rings. The fourth-order valence-corrected chi connectivity index (χ4v) is 21.9. The molecule has 0 amide bonds. The molecule has 0 saturated carbocycles. The summed E-state index contributed by atoms with van der Waals surface area (Å²) in [6.07, 6.45) is 44.6. The molecule has 6 unspecified atom stereocenters. The van der Waals surface area contributed by atoms with Gasteiger partial charge in [0.1, 0.15) is 0 Å². The molecule has 11 aromatic rings. The number of benzene rings is 11. The van der Waals surface area contributed by atoms with Gasteiger partial charge in [0.05, 0.1) is 0 Å². The van der Waals surface area contributed by atoms with Gasteiger partial charge in [-0.05, 0) is 162 Å². The molecule has 0 spiro atoms. The van der Waals surface area contributed by atoms with Gasteiger partial charge >= 0.3 is 0 Å². The Morgan fingerprint density at radius 3 is 0.992 bits per heavy atom. The Labute approximate surface area is 721 Å². The fraction of sp³-hybridized carbons (Fsp3) is 0.361. The third kappa shape index (κ3) is 19.2. The molecule has 0 radical (unpaired) electrons. The van der Waals surface area contributed by atoms with Crippen LogP contribution in [0, 0.1) is 11.8 Å². The lowest BCUT2D eigenvalue weighted by molar-refractivity contribution is 0.353. The molecule has 0 aromatic heterocycles. The number of hydrogen-bond donors (Lipinski definition) is 0. The molecule has 616 valence electrons. The molecule has 119 heavy (non-hydrogen) atoms. The van der Waals surface area contributed by atoms with Gasteiger partial charge in [-0.25, -0.2) is 0 Å². The predicted octanol–water partition coefficient (Wildman–Crippen LogP) is 33.5. The largest absolute Gasteiger partial charge is 0.0799 e. The van der Waals surface area contributed by atoms with E-state index in [1.54, 1.807) is 39.0 Å². The van der Waals surface area contributed by atoms with E-state index in [1.165, 1.54) is 157 Å². The van der Waals surface area contributed by atoms with Gasteiger partial charge in [0.25, 0.3) is 0 Å². The summed E-state index contributed by atoms with van der Waals surface area (Å²) in [6.45, 7) is 33.2. The molecule has 0 heteroatoms. The summed E-state index contributed by atoms with van der Waals surface area (Å²) in [5.74, 6) is 3.36. The van der Waals surface area contributed by atoms with Crippen LogP contribution in [0.5, 0.6) is 0 Å². The van der Waals surface area contributed by atoms with Crippen molar-refractivity contribution in [2.24, 2.45) is 11.8 Å². The number of rotatable bonds is 29. The quantitative estimate of drug-likeness (QED) is 0.0324. The first-order valence-corrected chi connectivity index (χ1v) is 46.2. The highest BCUT2D eigenvalue weighted by atomic mass is 14.5. The highest BCUT2D eigenvalue weighted by Crippen LogP contribution is 2.58. The molecule has 0 fully saturated rings. The molecular weight excluding hydrogens is 1430 g/mol. The normalized spacial score (nSPS) is 19.7. The van der Waals surface area contributed by atoms with Gasteiger partial charge in [0.15, 0.2) is 0 Å². The van der Waals surface area contributed by atoms with E-state index in [0.717, 1.165) is 12.8 Å². The van der Waals surface area contributed by atoms with Crippen molar-refractivity contribution >= 4 is 10.8 Å². The maximum absolute atomic E-state index is 2.52. The van der Waals surface area contributed by atoms with Crippen LogP contribution in [0.15, 0.2) is 363 Å². The van der Waals surface area contributed by atoms with Crippen LogP contribution in [0.3, 0.4) is 0 Å². The Bertz CT molecular complexity index is 4820. The van der Waals surface area contributed by atoms with Crippen LogP contribution in [-0.4, -0.2) is 0 Å². The Morgan fingerprint density at radius 1 is 0.269 bits per heavy atom. The Morgan fingerprint density at radius 2 is 0.597 bits per heavy atom. The second-order valence-corrected chi connectivity index (χ2v) is 36.8. The molecule has 0 saturated heterocycles. The average Bonchev–Trinajstić information content (AvgIpc) is 1.68. The monoisotopic (exact) mass is 1570 g/mol. The third-order valence-corrected chi connectivity index (χ3v) is 28.0. The van der Waals surface area contributed by atoms with Crippen LogP contribution in [0.2, 0.25) is 0 Å². The van der Waals surface area contributed by atoms with E-state index in [0.29, 0.717) is 35.5 Å². The molecule has 15 rings (SSSR count). The van der Waals surface area contributed by atoms with Crippen molar-refractivity contribution in [1.82, 2.24) is 0 Å². The standard InChI is InChI=1S/C38H46.C35H46.2C23H24/c1-7-9-19-31-32-26-25-27-18-13-14-20-28(27)36(32)38(5,6)35(31)23-12-10-11-22-33-29(17-8-2)30-21-15-16-24-34(30)37(33,3)4;1-7-9-18-26-28-20-14-16-24-32(28)34(3,4)30(26)22-12-11-13-23-31-27(19-10-8-2)29-21-15-17-25-33(29)35(31,5)6;2*1-2-3-19-23(20-13-7-4-8-14-20,21-15-9-5-10-16-21)22-17-11-6-12-18-22/h10-16,18,20-26,29,31,35H,7-9,17,19H2,1-6H3;11-17,20-27,30H,7-10,18-19H2,1-6H3;2*4-18H,2-3,19H2,1H3/b11-10+,23-12+,33-22-;13-11+,22-12+,31-23-;;. The lowest BCUT2D eigenvalue weighted by Gasteiger charge is -2.36. The van der Waals surface area contributed by atoms with Crippen LogP contribution in [-0.2, 0) is 32.5 Å². The maximum atomic E-state index is 2.52. The lowest BCUT2D eigenvalue weighted by atomic mass is 9.66. The molecule has 11 aromatic carbocycles. The summed E-state index contributed by atoms with van der Waals surface area (Å²) in [5, 5.41) is 2.81. The molecular formula is C119H140. The molecule has 6 atom stereocenters. The zero-order chi connectivity index (χ0) is 83.9. The van der Waals surface area contributed by atoms with E-state index in [4.69, 9.17) is 0 Å². The summed E-state index contributed by atoms with van der Waals surface area (Å²) in [6, 6.07) is 107. The van der Waals surface area contributed by atoms with Crippen molar-refractivity contribution in [3.8, 4) is 0 Å². The fourth-order valence-electron chi connectivity index (χ4n) is 21.9. The van der Waals surface area contributed by atoms with E-state index in [2.05, 4.69) is 449 Å². The van der Waals surface area contributed by atoms with Crippen LogP contribution >= 0.6 is 0 Å². The van der Waals surface area contributed by atoms with Crippen molar-refractivity contribution < 1.29 is 0 Å². The minimum absolute atomic E-state index is 0.0697. The summed E-state index contributed by atoms with van der Waals surface area (Å²) in [4.78, 5) is 0. The van der Waals surface area contributed by atoms with Crippen LogP contribution in [0.4, 0.5) is 0 Å². The SMILES string of the molecule is CCCCC(c1ccccc1)(c1ccccc1)c1ccccc1.CCCCC(c1ccccc1)(c1ccccc1)c1ccccc1.CCCCC1/C(=C/C=C/C=C/C2C(CCCC)c3ccccc3C2(C)C)C(C)(C)c2ccccc21.CCCCC1c2ccc3ccccc3c2C(C)(C)C1/C=C/C=C/C=C1/C(CCC)c2ccccc2C1(C)C. The highest BCUT2D eigenvalue weighted by molar-refractivity contribution is 5.89. The van der Waals surface area contributed by atoms with Crippen LogP contribution in [0.1, 0.15) is 308 Å². The number of allylic oxidation sites excluding steroid dienone is 12. The summed E-state index contributed by atoms with van der Waals surface area (Å²) in [7, 11) is 0.